The summed E-state index contributed by atoms with van der Waals surface area (Å²) in [5.41, 5.74) is -0.432. The van der Waals surface area contributed by atoms with Gasteiger partial charge in [0.25, 0.3) is 5.91 Å². The molecule has 0 bridgehead atoms. The van der Waals surface area contributed by atoms with Gasteiger partial charge in [-0.25, -0.2) is 22.0 Å². The molecule has 1 saturated heterocycles. The van der Waals surface area contributed by atoms with Crippen LogP contribution in [0.3, 0.4) is 0 Å². The topological polar surface area (TPSA) is 36.7 Å². The maximum absolute atomic E-state index is 14.0. The van der Waals surface area contributed by atoms with Gasteiger partial charge in [0.05, 0.1) is 0 Å². The predicted octanol–water partition coefficient (Wildman–Crippen LogP) is 4.09. The first-order valence-corrected chi connectivity index (χ1v) is 8.42. The largest absolute Gasteiger partial charge is 0.451 e. The lowest BCUT2D eigenvalue weighted by Gasteiger charge is -2.36. The Kier molecular flexibility index (Phi) is 4.44. The van der Waals surface area contributed by atoms with Crippen molar-refractivity contribution in [2.75, 3.05) is 31.1 Å². The molecule has 0 atom stereocenters. The first-order valence-electron chi connectivity index (χ1n) is 8.42. The smallest absolute Gasteiger partial charge is 0.289 e. The van der Waals surface area contributed by atoms with E-state index >= 15 is 0 Å². The second-order valence-electron chi connectivity index (χ2n) is 6.35. The van der Waals surface area contributed by atoms with Gasteiger partial charge < -0.3 is 14.2 Å². The van der Waals surface area contributed by atoms with Gasteiger partial charge in [0.2, 0.25) is 5.82 Å². The monoisotopic (exact) mass is 396 g/mol. The molecule has 0 saturated carbocycles. The number of rotatable bonds is 2. The zero-order valence-electron chi connectivity index (χ0n) is 14.3. The van der Waals surface area contributed by atoms with Gasteiger partial charge in [0.15, 0.2) is 29.0 Å². The van der Waals surface area contributed by atoms with Crippen molar-refractivity contribution in [1.29, 1.82) is 0 Å². The summed E-state index contributed by atoms with van der Waals surface area (Å²) in [7, 11) is 0. The van der Waals surface area contributed by atoms with E-state index in [4.69, 9.17) is 4.42 Å². The molecule has 3 aromatic rings. The number of amides is 1. The highest BCUT2D eigenvalue weighted by molar-refractivity contribution is 5.96. The van der Waals surface area contributed by atoms with Crippen molar-refractivity contribution in [2.45, 2.75) is 0 Å². The number of furan rings is 1. The van der Waals surface area contributed by atoms with Crippen LogP contribution in [0.1, 0.15) is 10.6 Å². The molecule has 1 amide bonds. The maximum Gasteiger partial charge on any atom is 0.289 e. The highest BCUT2D eigenvalue weighted by Crippen LogP contribution is 2.31. The minimum atomic E-state index is -2.20. The summed E-state index contributed by atoms with van der Waals surface area (Å²) in [6.45, 7) is -0.112. The van der Waals surface area contributed by atoms with Crippen LogP contribution in [0, 0.1) is 29.1 Å². The van der Waals surface area contributed by atoms with E-state index in [-0.39, 0.29) is 31.9 Å². The van der Waals surface area contributed by atoms with E-state index in [0.717, 1.165) is 10.3 Å². The molecule has 4 rings (SSSR count). The molecule has 1 aliphatic heterocycles. The van der Waals surface area contributed by atoms with Crippen molar-refractivity contribution >= 4 is 22.6 Å². The number of para-hydroxylation sites is 1. The average molecular weight is 396 g/mol. The molecule has 0 N–H and O–H groups in total. The van der Waals surface area contributed by atoms with Crippen LogP contribution in [0.15, 0.2) is 34.7 Å². The molecule has 0 spiro atoms. The van der Waals surface area contributed by atoms with Gasteiger partial charge in [-0.1, -0.05) is 18.2 Å². The molecule has 0 radical (unpaired) electrons. The van der Waals surface area contributed by atoms with Gasteiger partial charge in [-0.05, 0) is 12.1 Å². The van der Waals surface area contributed by atoms with Crippen LogP contribution in [-0.2, 0) is 0 Å². The van der Waals surface area contributed by atoms with Crippen LogP contribution in [0.5, 0.6) is 0 Å². The van der Waals surface area contributed by atoms with Gasteiger partial charge in [0, 0.05) is 31.6 Å². The second-order valence-corrected chi connectivity index (χ2v) is 6.35. The van der Waals surface area contributed by atoms with Gasteiger partial charge in [-0.2, -0.15) is 0 Å². The third kappa shape index (κ3) is 2.87. The summed E-state index contributed by atoms with van der Waals surface area (Å²) in [4.78, 5) is 15.0. The Hall–Kier alpha value is -3.10. The summed E-state index contributed by atoms with van der Waals surface area (Å²) in [5, 5.41) is 0.755. The molecular weight excluding hydrogens is 383 g/mol. The van der Waals surface area contributed by atoms with Crippen LogP contribution in [0.25, 0.3) is 11.0 Å². The molecule has 1 aliphatic rings. The number of anilines is 1. The molecule has 2 aromatic carbocycles. The van der Waals surface area contributed by atoms with Crippen molar-refractivity contribution in [3.63, 3.8) is 0 Å². The fraction of sp³-hybridized carbons (Fsp3) is 0.211. The van der Waals surface area contributed by atoms with Gasteiger partial charge in [-0.3, -0.25) is 4.79 Å². The number of carbonyl (C=O) groups is 1. The Labute approximate surface area is 155 Å². The summed E-state index contributed by atoms with van der Waals surface area (Å²) in [6.07, 6.45) is 0. The van der Waals surface area contributed by atoms with E-state index in [2.05, 4.69) is 0 Å². The molecule has 9 heteroatoms. The molecule has 1 fully saturated rings. The molecular formula is C19H13F5N2O2. The van der Waals surface area contributed by atoms with Crippen molar-refractivity contribution in [1.82, 2.24) is 4.90 Å². The second kappa shape index (κ2) is 6.81. The summed E-state index contributed by atoms with van der Waals surface area (Å²) in [5.74, 6) is -10.2. The van der Waals surface area contributed by atoms with Gasteiger partial charge in [-0.15, -0.1) is 0 Å². The summed E-state index contributed by atoms with van der Waals surface area (Å²) < 4.78 is 73.5. The van der Waals surface area contributed by atoms with Crippen molar-refractivity contribution in [3.05, 3.63) is 65.2 Å². The van der Waals surface area contributed by atoms with Crippen molar-refractivity contribution < 1.29 is 31.2 Å². The van der Waals surface area contributed by atoms with Crippen LogP contribution in [0.4, 0.5) is 27.6 Å². The molecule has 2 heterocycles. The molecule has 1 aromatic heterocycles. The minimum Gasteiger partial charge on any atom is -0.451 e. The highest BCUT2D eigenvalue weighted by Gasteiger charge is 2.32. The summed E-state index contributed by atoms with van der Waals surface area (Å²) in [6, 6.07) is 8.66. The van der Waals surface area contributed by atoms with Crippen molar-refractivity contribution in [3.8, 4) is 0 Å². The fourth-order valence-corrected chi connectivity index (χ4v) is 3.25. The number of hydrogen-bond acceptors (Lipinski definition) is 3. The zero-order chi connectivity index (χ0) is 20.0. The lowest BCUT2D eigenvalue weighted by atomic mass is 10.2. The van der Waals surface area contributed by atoms with E-state index in [0.29, 0.717) is 5.58 Å². The number of carbonyl (C=O) groups excluding carboxylic acids is 1. The molecule has 4 nitrogen and oxygen atoms in total. The van der Waals surface area contributed by atoms with Crippen LogP contribution in [-0.4, -0.2) is 37.0 Å². The Balaban J connectivity index is 1.53. The molecule has 28 heavy (non-hydrogen) atoms. The minimum absolute atomic E-state index is 0.0371. The van der Waals surface area contributed by atoms with E-state index in [1.54, 1.807) is 30.3 Å². The lowest BCUT2D eigenvalue weighted by molar-refractivity contribution is 0.0716. The Morgan fingerprint density at radius 3 is 2.00 bits per heavy atom. The SMILES string of the molecule is O=C(c1cc2ccccc2o1)N1CCN(c2c(F)c(F)c(F)c(F)c2F)CC1. The van der Waals surface area contributed by atoms with E-state index in [9.17, 15) is 26.7 Å². The van der Waals surface area contributed by atoms with E-state index in [1.807, 2.05) is 0 Å². The highest BCUT2D eigenvalue weighted by atomic mass is 19.2. The predicted molar refractivity (Wildman–Crippen MR) is 90.6 cm³/mol. The Morgan fingerprint density at radius 1 is 0.821 bits per heavy atom. The first-order chi connectivity index (χ1) is 13.4. The third-order valence-electron chi connectivity index (χ3n) is 4.71. The quantitative estimate of drug-likeness (QED) is 0.372. The van der Waals surface area contributed by atoms with Crippen molar-refractivity contribution in [2.24, 2.45) is 0 Å². The van der Waals surface area contributed by atoms with Crippen LogP contribution in [0.2, 0.25) is 0 Å². The first kappa shape index (κ1) is 18.3. The molecule has 146 valence electrons. The van der Waals surface area contributed by atoms with E-state index < -0.39 is 40.7 Å². The Bertz CT molecular complexity index is 1010. The van der Waals surface area contributed by atoms with Gasteiger partial charge >= 0.3 is 0 Å². The molecule has 0 unspecified atom stereocenters. The number of hydrogen-bond donors (Lipinski definition) is 0. The van der Waals surface area contributed by atoms with E-state index in [1.165, 1.54) is 4.90 Å². The number of piperazine rings is 1. The number of halogens is 5. The third-order valence-corrected chi connectivity index (χ3v) is 4.71. The fourth-order valence-electron chi connectivity index (χ4n) is 3.25. The maximum atomic E-state index is 14.0. The standard InChI is InChI=1S/C19H13F5N2O2/c20-13-14(21)16(23)18(17(24)15(13)22)25-5-7-26(8-6-25)19(27)12-9-10-3-1-2-4-11(10)28-12/h1-4,9H,5-8H2. The normalized spacial score (nSPS) is 14.8. The van der Waals surface area contributed by atoms with Crippen LogP contribution >= 0.6 is 0 Å². The average Bonchev–Trinajstić information content (AvgIpc) is 3.15. The molecule has 0 aliphatic carbocycles. The lowest BCUT2D eigenvalue weighted by Crippen LogP contribution is -2.49. The van der Waals surface area contributed by atoms with Gasteiger partial charge in [0.1, 0.15) is 11.3 Å². The van der Waals surface area contributed by atoms with Crippen LogP contribution < -0.4 is 4.90 Å². The number of fused-ring (bicyclic) bond motifs is 1. The number of benzene rings is 2. The zero-order valence-corrected chi connectivity index (χ0v) is 14.3. The Morgan fingerprint density at radius 2 is 1.39 bits per heavy atom. The number of nitrogens with zero attached hydrogens (tertiary/aromatic N) is 2. The summed E-state index contributed by atoms with van der Waals surface area (Å²) >= 11 is 0.